The Hall–Kier alpha value is -1.13. The molecule has 0 amide bonds. The molecule has 4 heteroatoms. The third kappa shape index (κ3) is 3.07. The van der Waals surface area contributed by atoms with Crippen molar-refractivity contribution in [3.8, 4) is 0 Å². The van der Waals surface area contributed by atoms with Gasteiger partial charge in [-0.15, -0.1) is 0 Å². The monoisotopic (exact) mass is 261 g/mol. The van der Waals surface area contributed by atoms with E-state index in [0.717, 1.165) is 32.1 Å². The minimum atomic E-state index is 0.636. The van der Waals surface area contributed by atoms with Crippen LogP contribution >= 0.6 is 0 Å². The summed E-state index contributed by atoms with van der Waals surface area (Å²) in [6, 6.07) is 6.48. The summed E-state index contributed by atoms with van der Waals surface area (Å²) in [6.45, 7) is 5.94. The van der Waals surface area contributed by atoms with Crippen LogP contribution in [-0.4, -0.2) is 56.3 Å². The van der Waals surface area contributed by atoms with Crippen LogP contribution in [0.15, 0.2) is 18.2 Å². The number of pyridine rings is 1. The van der Waals surface area contributed by atoms with Gasteiger partial charge in [-0.2, -0.15) is 0 Å². The standard InChI is InChI=1S/C15H23N3O/c1-17-7-5-13(6-8-17)14-3-2-4-15(16-14)18-9-11-19-12-10-18/h2-4,13H,5-12H2,1H3. The fourth-order valence-electron chi connectivity index (χ4n) is 2.94. The van der Waals surface area contributed by atoms with E-state index >= 15 is 0 Å². The highest BCUT2D eigenvalue weighted by atomic mass is 16.5. The first-order chi connectivity index (χ1) is 9.33. The fraction of sp³-hybridized carbons (Fsp3) is 0.667. The van der Waals surface area contributed by atoms with Crippen molar-refractivity contribution in [1.29, 1.82) is 0 Å². The molecule has 0 spiro atoms. The number of ether oxygens (including phenoxy) is 1. The number of aromatic nitrogens is 1. The molecule has 3 heterocycles. The van der Waals surface area contributed by atoms with Crippen LogP contribution in [0.1, 0.15) is 24.5 Å². The Labute approximate surface area is 115 Å². The van der Waals surface area contributed by atoms with Gasteiger partial charge >= 0.3 is 0 Å². The summed E-state index contributed by atoms with van der Waals surface area (Å²) in [4.78, 5) is 9.64. The van der Waals surface area contributed by atoms with Crippen molar-refractivity contribution in [2.45, 2.75) is 18.8 Å². The van der Waals surface area contributed by atoms with Crippen molar-refractivity contribution in [1.82, 2.24) is 9.88 Å². The summed E-state index contributed by atoms with van der Waals surface area (Å²) in [5, 5.41) is 0. The SMILES string of the molecule is CN1CCC(c2cccc(N3CCOCC3)n2)CC1. The average molecular weight is 261 g/mol. The molecule has 104 valence electrons. The van der Waals surface area contributed by atoms with E-state index in [1.165, 1.54) is 31.6 Å². The van der Waals surface area contributed by atoms with E-state index in [9.17, 15) is 0 Å². The summed E-state index contributed by atoms with van der Waals surface area (Å²) in [5.41, 5.74) is 1.28. The second-order valence-electron chi connectivity index (χ2n) is 5.60. The summed E-state index contributed by atoms with van der Waals surface area (Å²) in [6.07, 6.45) is 2.46. The first kappa shape index (κ1) is 12.9. The number of morpholine rings is 1. The molecule has 1 aromatic heterocycles. The van der Waals surface area contributed by atoms with Gasteiger partial charge in [-0.25, -0.2) is 4.98 Å². The first-order valence-electron chi connectivity index (χ1n) is 7.31. The number of nitrogens with zero attached hydrogens (tertiary/aromatic N) is 3. The zero-order chi connectivity index (χ0) is 13.1. The Bertz CT molecular complexity index is 410. The summed E-state index contributed by atoms with van der Waals surface area (Å²) >= 11 is 0. The summed E-state index contributed by atoms with van der Waals surface area (Å²) < 4.78 is 5.40. The number of anilines is 1. The normalized spacial score (nSPS) is 22.7. The molecule has 19 heavy (non-hydrogen) atoms. The Kier molecular flexibility index (Phi) is 3.99. The van der Waals surface area contributed by atoms with Crippen molar-refractivity contribution in [2.24, 2.45) is 0 Å². The third-order valence-electron chi connectivity index (χ3n) is 4.23. The highest BCUT2D eigenvalue weighted by molar-refractivity contribution is 5.40. The van der Waals surface area contributed by atoms with Gasteiger partial charge in [0.1, 0.15) is 5.82 Å². The lowest BCUT2D eigenvalue weighted by Crippen LogP contribution is -2.37. The number of hydrogen-bond acceptors (Lipinski definition) is 4. The van der Waals surface area contributed by atoms with Crippen molar-refractivity contribution in [3.05, 3.63) is 23.9 Å². The zero-order valence-corrected chi connectivity index (χ0v) is 11.7. The van der Waals surface area contributed by atoms with Crippen LogP contribution in [0.3, 0.4) is 0 Å². The molecule has 1 aromatic rings. The molecule has 0 saturated carbocycles. The van der Waals surface area contributed by atoms with Crippen LogP contribution in [0, 0.1) is 0 Å². The zero-order valence-electron chi connectivity index (χ0n) is 11.7. The van der Waals surface area contributed by atoms with Crippen molar-refractivity contribution in [2.75, 3.05) is 51.3 Å². The van der Waals surface area contributed by atoms with Gasteiger partial charge in [0.15, 0.2) is 0 Å². The molecule has 3 rings (SSSR count). The van der Waals surface area contributed by atoms with Gasteiger partial charge < -0.3 is 14.5 Å². The Morgan fingerprint density at radius 3 is 2.58 bits per heavy atom. The van der Waals surface area contributed by atoms with Gasteiger partial charge in [-0.1, -0.05) is 6.07 Å². The molecule has 2 fully saturated rings. The molecule has 2 saturated heterocycles. The predicted octanol–water partition coefficient (Wildman–Crippen LogP) is 1.73. The summed E-state index contributed by atoms with van der Waals surface area (Å²) in [7, 11) is 2.20. The van der Waals surface area contributed by atoms with Gasteiger partial charge in [0, 0.05) is 24.7 Å². The maximum atomic E-state index is 5.40. The smallest absolute Gasteiger partial charge is 0.128 e. The second-order valence-corrected chi connectivity index (χ2v) is 5.60. The Balaban J connectivity index is 1.72. The number of rotatable bonds is 2. The highest BCUT2D eigenvalue weighted by Gasteiger charge is 2.20. The van der Waals surface area contributed by atoms with Gasteiger partial charge in [0.05, 0.1) is 13.2 Å². The maximum absolute atomic E-state index is 5.40. The third-order valence-corrected chi connectivity index (χ3v) is 4.23. The van der Waals surface area contributed by atoms with Crippen LogP contribution in [-0.2, 0) is 4.74 Å². The largest absolute Gasteiger partial charge is 0.378 e. The molecule has 0 radical (unpaired) electrons. The lowest BCUT2D eigenvalue weighted by molar-refractivity contribution is 0.122. The maximum Gasteiger partial charge on any atom is 0.128 e. The lowest BCUT2D eigenvalue weighted by atomic mass is 9.93. The van der Waals surface area contributed by atoms with E-state index in [0.29, 0.717) is 5.92 Å². The topological polar surface area (TPSA) is 28.6 Å². The van der Waals surface area contributed by atoms with Crippen LogP contribution < -0.4 is 4.90 Å². The average Bonchev–Trinajstić information content (AvgIpc) is 2.49. The molecular formula is C15H23N3O. The van der Waals surface area contributed by atoms with Gasteiger partial charge in [0.25, 0.3) is 0 Å². The molecule has 0 aromatic carbocycles. The lowest BCUT2D eigenvalue weighted by Gasteiger charge is -2.31. The minimum absolute atomic E-state index is 0.636. The minimum Gasteiger partial charge on any atom is -0.378 e. The number of likely N-dealkylation sites (tertiary alicyclic amines) is 1. The van der Waals surface area contributed by atoms with E-state index in [1.807, 2.05) is 0 Å². The van der Waals surface area contributed by atoms with Crippen molar-refractivity contribution in [3.63, 3.8) is 0 Å². The van der Waals surface area contributed by atoms with E-state index in [-0.39, 0.29) is 0 Å². The summed E-state index contributed by atoms with van der Waals surface area (Å²) in [5.74, 6) is 1.76. The van der Waals surface area contributed by atoms with Gasteiger partial charge in [-0.3, -0.25) is 0 Å². The fourth-order valence-corrected chi connectivity index (χ4v) is 2.94. The molecule has 0 aliphatic carbocycles. The molecule has 4 nitrogen and oxygen atoms in total. The van der Waals surface area contributed by atoms with Crippen molar-refractivity contribution < 1.29 is 4.74 Å². The molecule has 0 bridgehead atoms. The molecule has 0 atom stereocenters. The Morgan fingerprint density at radius 2 is 1.84 bits per heavy atom. The predicted molar refractivity (Wildman–Crippen MR) is 76.7 cm³/mol. The van der Waals surface area contributed by atoms with Crippen molar-refractivity contribution >= 4 is 5.82 Å². The molecule has 2 aliphatic heterocycles. The van der Waals surface area contributed by atoms with E-state index in [1.54, 1.807) is 0 Å². The van der Waals surface area contributed by atoms with Crippen LogP contribution in [0.5, 0.6) is 0 Å². The van der Waals surface area contributed by atoms with Crippen LogP contribution in [0.2, 0.25) is 0 Å². The van der Waals surface area contributed by atoms with E-state index in [4.69, 9.17) is 9.72 Å². The van der Waals surface area contributed by atoms with Crippen LogP contribution in [0.4, 0.5) is 5.82 Å². The number of hydrogen-bond donors (Lipinski definition) is 0. The highest BCUT2D eigenvalue weighted by Crippen LogP contribution is 2.27. The first-order valence-corrected chi connectivity index (χ1v) is 7.31. The second kappa shape index (κ2) is 5.88. The molecule has 0 unspecified atom stereocenters. The van der Waals surface area contributed by atoms with Gasteiger partial charge in [0.2, 0.25) is 0 Å². The van der Waals surface area contributed by atoms with Gasteiger partial charge in [-0.05, 0) is 45.1 Å². The molecular weight excluding hydrogens is 238 g/mol. The quantitative estimate of drug-likeness (QED) is 0.810. The van der Waals surface area contributed by atoms with Crippen LogP contribution in [0.25, 0.3) is 0 Å². The van der Waals surface area contributed by atoms with E-state index < -0.39 is 0 Å². The molecule has 0 N–H and O–H groups in total. The van der Waals surface area contributed by atoms with E-state index in [2.05, 4.69) is 35.0 Å². The Morgan fingerprint density at radius 1 is 1.11 bits per heavy atom. The number of piperidine rings is 1. The molecule has 2 aliphatic rings.